The molecule has 0 aliphatic rings. The standard InChI is InChI=1S/C13H20N2O3/c1-4-15-9-6-7-11(15)13(17)14(3)10-8-12(16)18-5-2/h6-7,9H,4-5,8,10H2,1-3H3. The van der Waals surface area contributed by atoms with Crippen molar-refractivity contribution in [3.63, 3.8) is 0 Å². The SMILES string of the molecule is CCOC(=O)CCN(C)C(=O)c1cccn1CC. The average molecular weight is 252 g/mol. The van der Waals surface area contributed by atoms with Crippen molar-refractivity contribution in [2.24, 2.45) is 0 Å². The highest BCUT2D eigenvalue weighted by molar-refractivity contribution is 5.92. The Labute approximate surface area is 107 Å². The normalized spacial score (nSPS) is 10.2. The number of carbonyl (C=O) groups excluding carboxylic acids is 2. The van der Waals surface area contributed by atoms with Crippen LogP contribution < -0.4 is 0 Å². The molecule has 1 rings (SSSR count). The van der Waals surface area contributed by atoms with Crippen LogP contribution in [-0.4, -0.2) is 41.5 Å². The first-order valence-electron chi connectivity index (χ1n) is 6.16. The van der Waals surface area contributed by atoms with Crippen LogP contribution in [0.2, 0.25) is 0 Å². The smallest absolute Gasteiger partial charge is 0.307 e. The Morgan fingerprint density at radius 2 is 2.11 bits per heavy atom. The molecular formula is C13H20N2O3. The molecule has 0 spiro atoms. The minimum Gasteiger partial charge on any atom is -0.466 e. The zero-order chi connectivity index (χ0) is 13.5. The van der Waals surface area contributed by atoms with Crippen LogP contribution >= 0.6 is 0 Å². The number of aromatic nitrogens is 1. The van der Waals surface area contributed by atoms with E-state index >= 15 is 0 Å². The first kappa shape index (κ1) is 14.3. The van der Waals surface area contributed by atoms with Gasteiger partial charge in [-0.3, -0.25) is 9.59 Å². The summed E-state index contributed by atoms with van der Waals surface area (Å²) in [7, 11) is 1.69. The first-order valence-corrected chi connectivity index (χ1v) is 6.16. The highest BCUT2D eigenvalue weighted by Crippen LogP contribution is 2.06. The molecule has 0 saturated heterocycles. The topological polar surface area (TPSA) is 51.5 Å². The Bertz CT molecular complexity index is 412. The summed E-state index contributed by atoms with van der Waals surface area (Å²) in [6.45, 7) is 5.23. The van der Waals surface area contributed by atoms with Crippen molar-refractivity contribution in [3.8, 4) is 0 Å². The Balaban J connectivity index is 2.54. The fraction of sp³-hybridized carbons (Fsp3) is 0.538. The summed E-state index contributed by atoms with van der Waals surface area (Å²) < 4.78 is 6.70. The van der Waals surface area contributed by atoms with Gasteiger partial charge in [0.25, 0.3) is 5.91 Å². The number of ether oxygens (including phenoxy) is 1. The summed E-state index contributed by atoms with van der Waals surface area (Å²) in [6.07, 6.45) is 2.09. The van der Waals surface area contributed by atoms with Crippen molar-refractivity contribution < 1.29 is 14.3 Å². The molecule has 0 aromatic carbocycles. The fourth-order valence-electron chi connectivity index (χ4n) is 1.67. The number of carbonyl (C=O) groups is 2. The Hall–Kier alpha value is -1.78. The molecule has 18 heavy (non-hydrogen) atoms. The van der Waals surface area contributed by atoms with Gasteiger partial charge in [0.2, 0.25) is 0 Å². The molecule has 0 radical (unpaired) electrons. The van der Waals surface area contributed by atoms with Crippen LogP contribution in [0.5, 0.6) is 0 Å². The van der Waals surface area contributed by atoms with Crippen molar-refractivity contribution in [1.82, 2.24) is 9.47 Å². The van der Waals surface area contributed by atoms with Crippen molar-refractivity contribution in [2.45, 2.75) is 26.8 Å². The molecule has 0 saturated carbocycles. The van der Waals surface area contributed by atoms with Gasteiger partial charge in [0.15, 0.2) is 0 Å². The molecule has 100 valence electrons. The lowest BCUT2D eigenvalue weighted by molar-refractivity contribution is -0.143. The second-order valence-electron chi connectivity index (χ2n) is 3.96. The van der Waals surface area contributed by atoms with Crippen LogP contribution in [0, 0.1) is 0 Å². The Kier molecular flexibility index (Phi) is 5.42. The van der Waals surface area contributed by atoms with Gasteiger partial charge in [0.05, 0.1) is 13.0 Å². The molecular weight excluding hydrogens is 232 g/mol. The van der Waals surface area contributed by atoms with E-state index in [4.69, 9.17) is 4.74 Å². The molecule has 0 aliphatic carbocycles. The second-order valence-corrected chi connectivity index (χ2v) is 3.96. The van der Waals surface area contributed by atoms with Gasteiger partial charge in [-0.1, -0.05) is 0 Å². The largest absolute Gasteiger partial charge is 0.466 e. The number of aryl methyl sites for hydroxylation is 1. The van der Waals surface area contributed by atoms with Crippen molar-refractivity contribution in [1.29, 1.82) is 0 Å². The molecule has 0 bridgehead atoms. The van der Waals surface area contributed by atoms with Gasteiger partial charge in [-0.25, -0.2) is 0 Å². The van der Waals surface area contributed by atoms with E-state index in [2.05, 4.69) is 0 Å². The van der Waals surface area contributed by atoms with Gasteiger partial charge >= 0.3 is 5.97 Å². The summed E-state index contributed by atoms with van der Waals surface area (Å²) in [5.41, 5.74) is 0.642. The molecule has 5 heteroatoms. The molecule has 1 heterocycles. The predicted molar refractivity (Wildman–Crippen MR) is 68.3 cm³/mol. The van der Waals surface area contributed by atoms with E-state index in [1.165, 1.54) is 0 Å². The van der Waals surface area contributed by atoms with E-state index in [1.807, 2.05) is 23.8 Å². The monoisotopic (exact) mass is 252 g/mol. The lowest BCUT2D eigenvalue weighted by atomic mass is 10.3. The second kappa shape index (κ2) is 6.83. The van der Waals surface area contributed by atoms with Gasteiger partial charge in [-0.15, -0.1) is 0 Å². The molecule has 1 amide bonds. The number of hydrogen-bond donors (Lipinski definition) is 0. The van der Waals surface area contributed by atoms with E-state index in [0.717, 1.165) is 6.54 Å². The van der Waals surface area contributed by atoms with E-state index in [9.17, 15) is 9.59 Å². The van der Waals surface area contributed by atoms with Crippen molar-refractivity contribution in [2.75, 3.05) is 20.2 Å². The number of rotatable bonds is 6. The van der Waals surface area contributed by atoms with Crippen molar-refractivity contribution in [3.05, 3.63) is 24.0 Å². The maximum atomic E-state index is 12.1. The quantitative estimate of drug-likeness (QED) is 0.721. The molecule has 0 atom stereocenters. The van der Waals surface area contributed by atoms with E-state index in [1.54, 1.807) is 24.9 Å². The first-order chi connectivity index (χ1) is 8.60. The van der Waals surface area contributed by atoms with Gasteiger partial charge in [0, 0.05) is 26.3 Å². The maximum Gasteiger partial charge on any atom is 0.307 e. The van der Waals surface area contributed by atoms with Gasteiger partial charge in [-0.2, -0.15) is 0 Å². The van der Waals surface area contributed by atoms with Gasteiger partial charge in [0.1, 0.15) is 5.69 Å². The van der Waals surface area contributed by atoms with Crippen LogP contribution in [0.1, 0.15) is 30.8 Å². The molecule has 0 N–H and O–H groups in total. The van der Waals surface area contributed by atoms with Crippen LogP contribution in [0.15, 0.2) is 18.3 Å². The highest BCUT2D eigenvalue weighted by Gasteiger charge is 2.16. The van der Waals surface area contributed by atoms with Crippen LogP contribution in [0.3, 0.4) is 0 Å². The lowest BCUT2D eigenvalue weighted by Crippen LogP contribution is -2.30. The van der Waals surface area contributed by atoms with Gasteiger partial charge < -0.3 is 14.2 Å². The number of hydrogen-bond acceptors (Lipinski definition) is 3. The number of amides is 1. The number of esters is 1. The van der Waals surface area contributed by atoms with E-state index in [-0.39, 0.29) is 18.3 Å². The summed E-state index contributed by atoms with van der Waals surface area (Å²) in [6, 6.07) is 3.63. The zero-order valence-corrected chi connectivity index (χ0v) is 11.2. The summed E-state index contributed by atoms with van der Waals surface area (Å²) in [5.74, 6) is -0.353. The summed E-state index contributed by atoms with van der Waals surface area (Å²) in [4.78, 5) is 24.9. The lowest BCUT2D eigenvalue weighted by Gasteiger charge is -2.17. The minimum absolute atomic E-state index is 0.0776. The predicted octanol–water partition coefficient (Wildman–Crippen LogP) is 1.53. The molecule has 1 aromatic heterocycles. The third-order valence-electron chi connectivity index (χ3n) is 2.69. The van der Waals surface area contributed by atoms with Crippen LogP contribution in [-0.2, 0) is 16.1 Å². The van der Waals surface area contributed by atoms with Gasteiger partial charge in [-0.05, 0) is 26.0 Å². The highest BCUT2D eigenvalue weighted by atomic mass is 16.5. The summed E-state index contributed by atoms with van der Waals surface area (Å²) >= 11 is 0. The average Bonchev–Trinajstić information content (AvgIpc) is 2.83. The molecule has 0 aliphatic heterocycles. The zero-order valence-electron chi connectivity index (χ0n) is 11.2. The third kappa shape index (κ3) is 3.61. The number of nitrogens with zero attached hydrogens (tertiary/aromatic N) is 2. The molecule has 1 aromatic rings. The van der Waals surface area contributed by atoms with E-state index < -0.39 is 0 Å². The summed E-state index contributed by atoms with van der Waals surface area (Å²) in [5, 5.41) is 0. The fourth-order valence-corrected chi connectivity index (χ4v) is 1.67. The Morgan fingerprint density at radius 1 is 1.39 bits per heavy atom. The maximum absolute atomic E-state index is 12.1. The molecule has 0 fully saturated rings. The van der Waals surface area contributed by atoms with Crippen molar-refractivity contribution >= 4 is 11.9 Å². The molecule has 0 unspecified atom stereocenters. The Morgan fingerprint density at radius 3 is 2.72 bits per heavy atom. The third-order valence-corrected chi connectivity index (χ3v) is 2.69. The van der Waals surface area contributed by atoms with Crippen LogP contribution in [0.4, 0.5) is 0 Å². The van der Waals surface area contributed by atoms with Crippen LogP contribution in [0.25, 0.3) is 0 Å². The van der Waals surface area contributed by atoms with E-state index in [0.29, 0.717) is 18.8 Å². The minimum atomic E-state index is -0.275. The molecule has 5 nitrogen and oxygen atoms in total.